The molecule has 0 fully saturated rings. The minimum absolute atomic E-state index is 0.128. The summed E-state index contributed by atoms with van der Waals surface area (Å²) in [5.41, 5.74) is 0.875. The molecule has 0 atom stereocenters. The van der Waals surface area contributed by atoms with Gasteiger partial charge in [0.25, 0.3) is 0 Å². The normalized spacial score (nSPS) is 11.7. The molecule has 2 N–H and O–H groups in total. The van der Waals surface area contributed by atoms with Gasteiger partial charge in [0.2, 0.25) is 10.0 Å². The molecule has 0 unspecified atom stereocenters. The average Bonchev–Trinajstić information content (AvgIpc) is 2.94. The molecule has 21 heavy (non-hydrogen) atoms. The molecular weight excluding hydrogens is 328 g/mol. The third kappa shape index (κ3) is 4.52. The predicted molar refractivity (Wildman–Crippen MR) is 87.4 cm³/mol. The van der Waals surface area contributed by atoms with Crippen LogP contribution in [0.2, 0.25) is 5.02 Å². The standard InChI is InChI=1S/C14H17ClN2O2S2/c1-16-10-11-4-5-13(15)14(9-11)21(18,19)17-7-6-12-3-2-8-20-12/h2-5,8-9,16-17H,6-7,10H2,1H3. The second-order valence-electron chi connectivity index (χ2n) is 4.52. The second kappa shape index (κ2) is 7.38. The highest BCUT2D eigenvalue weighted by atomic mass is 35.5. The van der Waals surface area contributed by atoms with E-state index in [1.165, 1.54) is 0 Å². The Hall–Kier alpha value is -0.920. The van der Waals surface area contributed by atoms with Crippen LogP contribution in [0.4, 0.5) is 0 Å². The van der Waals surface area contributed by atoms with E-state index in [-0.39, 0.29) is 9.92 Å². The second-order valence-corrected chi connectivity index (χ2v) is 7.70. The van der Waals surface area contributed by atoms with Gasteiger partial charge in [-0.15, -0.1) is 11.3 Å². The maximum Gasteiger partial charge on any atom is 0.242 e. The van der Waals surface area contributed by atoms with Crippen molar-refractivity contribution in [2.45, 2.75) is 17.9 Å². The van der Waals surface area contributed by atoms with E-state index in [0.29, 0.717) is 19.5 Å². The molecule has 2 rings (SSSR count). The number of thiophene rings is 1. The number of sulfonamides is 1. The number of nitrogens with one attached hydrogen (secondary N) is 2. The molecule has 0 bridgehead atoms. The molecule has 0 saturated heterocycles. The van der Waals surface area contributed by atoms with E-state index in [0.717, 1.165) is 10.4 Å². The third-order valence-electron chi connectivity index (χ3n) is 2.91. The Morgan fingerprint density at radius 3 is 2.76 bits per heavy atom. The molecule has 1 heterocycles. The lowest BCUT2D eigenvalue weighted by atomic mass is 10.2. The lowest BCUT2D eigenvalue weighted by molar-refractivity contribution is 0.581. The Morgan fingerprint density at radius 1 is 1.29 bits per heavy atom. The Bertz CT molecular complexity index is 685. The van der Waals surface area contributed by atoms with Gasteiger partial charge in [-0.1, -0.05) is 23.7 Å². The monoisotopic (exact) mass is 344 g/mol. The fourth-order valence-electron chi connectivity index (χ4n) is 1.91. The van der Waals surface area contributed by atoms with E-state index in [1.807, 2.05) is 30.6 Å². The summed E-state index contributed by atoms with van der Waals surface area (Å²) in [6.07, 6.45) is 0.671. The molecular formula is C14H17ClN2O2S2. The van der Waals surface area contributed by atoms with Crippen LogP contribution in [0.3, 0.4) is 0 Å². The van der Waals surface area contributed by atoms with E-state index >= 15 is 0 Å². The van der Waals surface area contributed by atoms with Crippen LogP contribution in [0, 0.1) is 0 Å². The zero-order valence-corrected chi connectivity index (χ0v) is 14.0. The first-order chi connectivity index (χ1) is 10.0. The van der Waals surface area contributed by atoms with Crippen LogP contribution in [-0.2, 0) is 23.0 Å². The van der Waals surface area contributed by atoms with Gasteiger partial charge in [0, 0.05) is 18.0 Å². The quantitative estimate of drug-likeness (QED) is 0.811. The van der Waals surface area contributed by atoms with Crippen LogP contribution in [0.1, 0.15) is 10.4 Å². The molecule has 0 radical (unpaired) electrons. The maximum absolute atomic E-state index is 12.3. The van der Waals surface area contributed by atoms with Crippen LogP contribution >= 0.6 is 22.9 Å². The highest BCUT2D eigenvalue weighted by Gasteiger charge is 2.18. The molecule has 7 heteroatoms. The van der Waals surface area contributed by atoms with Crippen molar-refractivity contribution >= 4 is 33.0 Å². The Morgan fingerprint density at radius 2 is 2.10 bits per heavy atom. The molecule has 2 aromatic rings. The summed E-state index contributed by atoms with van der Waals surface area (Å²) in [6, 6.07) is 8.96. The first-order valence-electron chi connectivity index (χ1n) is 6.48. The van der Waals surface area contributed by atoms with Crippen LogP contribution in [0.25, 0.3) is 0 Å². The number of hydrogen-bond donors (Lipinski definition) is 2. The van der Waals surface area contributed by atoms with Crippen molar-refractivity contribution in [1.82, 2.24) is 10.0 Å². The lowest BCUT2D eigenvalue weighted by Gasteiger charge is -2.10. The van der Waals surface area contributed by atoms with E-state index < -0.39 is 10.0 Å². The zero-order valence-electron chi connectivity index (χ0n) is 11.6. The van der Waals surface area contributed by atoms with Crippen molar-refractivity contribution in [2.24, 2.45) is 0 Å². The van der Waals surface area contributed by atoms with Gasteiger partial charge < -0.3 is 5.32 Å². The highest BCUT2D eigenvalue weighted by Crippen LogP contribution is 2.22. The van der Waals surface area contributed by atoms with Gasteiger partial charge in [0.05, 0.1) is 5.02 Å². The minimum atomic E-state index is -3.59. The highest BCUT2D eigenvalue weighted by molar-refractivity contribution is 7.89. The van der Waals surface area contributed by atoms with E-state index in [4.69, 9.17) is 11.6 Å². The Kier molecular flexibility index (Phi) is 5.78. The van der Waals surface area contributed by atoms with Crippen LogP contribution in [0.15, 0.2) is 40.6 Å². The van der Waals surface area contributed by atoms with Crippen LogP contribution < -0.4 is 10.0 Å². The molecule has 0 spiro atoms. The summed E-state index contributed by atoms with van der Waals surface area (Å²) >= 11 is 7.63. The molecule has 1 aromatic heterocycles. The van der Waals surface area contributed by atoms with Gasteiger partial charge in [0.1, 0.15) is 4.90 Å². The summed E-state index contributed by atoms with van der Waals surface area (Å²) in [6.45, 7) is 0.949. The van der Waals surface area contributed by atoms with Crippen molar-refractivity contribution < 1.29 is 8.42 Å². The lowest BCUT2D eigenvalue weighted by Crippen LogP contribution is -2.26. The van der Waals surface area contributed by atoms with Crippen molar-refractivity contribution in [2.75, 3.05) is 13.6 Å². The van der Waals surface area contributed by atoms with E-state index in [2.05, 4.69) is 10.0 Å². The van der Waals surface area contributed by atoms with E-state index in [1.54, 1.807) is 23.5 Å². The van der Waals surface area contributed by atoms with Gasteiger partial charge in [-0.05, 0) is 42.6 Å². The maximum atomic E-state index is 12.3. The van der Waals surface area contributed by atoms with Crippen molar-refractivity contribution in [3.63, 3.8) is 0 Å². The summed E-state index contributed by atoms with van der Waals surface area (Å²) < 4.78 is 27.2. The van der Waals surface area contributed by atoms with Gasteiger partial charge in [-0.2, -0.15) is 0 Å². The van der Waals surface area contributed by atoms with Gasteiger partial charge >= 0.3 is 0 Å². The molecule has 0 aliphatic heterocycles. The summed E-state index contributed by atoms with van der Waals surface area (Å²) in [7, 11) is -1.78. The zero-order chi connectivity index (χ0) is 15.3. The van der Waals surface area contributed by atoms with Gasteiger partial charge in [-0.25, -0.2) is 13.1 Å². The smallest absolute Gasteiger partial charge is 0.242 e. The van der Waals surface area contributed by atoms with Crippen LogP contribution in [-0.4, -0.2) is 22.0 Å². The SMILES string of the molecule is CNCc1ccc(Cl)c(S(=O)(=O)NCCc2cccs2)c1. The molecule has 4 nitrogen and oxygen atoms in total. The molecule has 0 saturated carbocycles. The van der Waals surface area contributed by atoms with Crippen molar-refractivity contribution in [3.8, 4) is 0 Å². The first-order valence-corrected chi connectivity index (χ1v) is 9.22. The number of rotatable bonds is 7. The third-order valence-corrected chi connectivity index (χ3v) is 5.79. The molecule has 114 valence electrons. The van der Waals surface area contributed by atoms with Crippen LogP contribution in [0.5, 0.6) is 0 Å². The predicted octanol–water partition coefficient (Wildman–Crippen LogP) is 2.64. The van der Waals surface area contributed by atoms with Gasteiger partial charge in [-0.3, -0.25) is 0 Å². The summed E-state index contributed by atoms with van der Waals surface area (Å²) in [5.74, 6) is 0. The van der Waals surface area contributed by atoms with Crippen molar-refractivity contribution in [1.29, 1.82) is 0 Å². The fraction of sp³-hybridized carbons (Fsp3) is 0.286. The van der Waals surface area contributed by atoms with Gasteiger partial charge in [0.15, 0.2) is 0 Å². The number of benzene rings is 1. The first kappa shape index (κ1) is 16.5. The molecule has 1 aromatic carbocycles. The summed E-state index contributed by atoms with van der Waals surface area (Å²) in [5, 5.41) is 5.20. The number of hydrogen-bond acceptors (Lipinski definition) is 4. The largest absolute Gasteiger partial charge is 0.316 e. The Balaban J connectivity index is 2.09. The molecule has 0 amide bonds. The molecule has 0 aliphatic carbocycles. The van der Waals surface area contributed by atoms with E-state index in [9.17, 15) is 8.42 Å². The fourth-order valence-corrected chi connectivity index (χ4v) is 4.20. The van der Waals surface area contributed by atoms with Crippen molar-refractivity contribution in [3.05, 3.63) is 51.2 Å². The minimum Gasteiger partial charge on any atom is -0.316 e. The summed E-state index contributed by atoms with van der Waals surface area (Å²) in [4.78, 5) is 1.27. The molecule has 0 aliphatic rings. The Labute approximate surface area is 134 Å². The number of halogens is 1. The topological polar surface area (TPSA) is 58.2 Å². The average molecular weight is 345 g/mol.